The number of halogens is 3. The van der Waals surface area contributed by atoms with Crippen molar-refractivity contribution in [1.29, 1.82) is 0 Å². The van der Waals surface area contributed by atoms with Crippen molar-refractivity contribution in [1.82, 2.24) is 14.8 Å². The highest BCUT2D eigenvalue weighted by molar-refractivity contribution is 6.04. The van der Waals surface area contributed by atoms with Gasteiger partial charge in [-0.1, -0.05) is 18.2 Å². The van der Waals surface area contributed by atoms with Crippen LogP contribution in [0.1, 0.15) is 32.2 Å². The Kier molecular flexibility index (Phi) is 5.25. The quantitative estimate of drug-likeness (QED) is 0.676. The summed E-state index contributed by atoms with van der Waals surface area (Å²) < 4.78 is 39.8. The molecule has 0 aliphatic carbocycles. The minimum Gasteiger partial charge on any atom is -0.321 e. The molecule has 0 saturated heterocycles. The van der Waals surface area contributed by atoms with Crippen molar-refractivity contribution in [3.8, 4) is 0 Å². The molecule has 0 fully saturated rings. The second kappa shape index (κ2) is 7.63. The first-order valence-electron chi connectivity index (χ1n) is 8.21. The van der Waals surface area contributed by atoms with Crippen LogP contribution >= 0.6 is 0 Å². The normalized spacial score (nSPS) is 11.3. The summed E-state index contributed by atoms with van der Waals surface area (Å²) in [5.41, 5.74) is -0.0947. The van der Waals surface area contributed by atoms with Gasteiger partial charge in [0.05, 0.1) is 0 Å². The van der Waals surface area contributed by atoms with Crippen LogP contribution in [-0.4, -0.2) is 26.5 Å². The summed E-state index contributed by atoms with van der Waals surface area (Å²) in [5, 5.41) is 6.50. The maximum absolute atomic E-state index is 12.7. The maximum atomic E-state index is 12.7. The minimum absolute atomic E-state index is 0.0332. The Balaban J connectivity index is 1.75. The summed E-state index contributed by atoms with van der Waals surface area (Å²) in [6.07, 6.45) is -3.06. The molecule has 0 unspecified atom stereocenters. The van der Waals surface area contributed by atoms with Crippen molar-refractivity contribution in [3.63, 3.8) is 0 Å². The third kappa shape index (κ3) is 4.43. The molecule has 0 atom stereocenters. The van der Waals surface area contributed by atoms with Gasteiger partial charge in [-0.25, -0.2) is 4.98 Å². The number of nitrogens with zero attached hydrogens (tertiary/aromatic N) is 3. The average molecular weight is 388 g/mol. The lowest BCUT2D eigenvalue weighted by Gasteiger charge is -2.09. The Morgan fingerprint density at radius 3 is 2.54 bits per heavy atom. The van der Waals surface area contributed by atoms with E-state index in [2.05, 4.69) is 15.4 Å². The number of ketones is 1. The van der Waals surface area contributed by atoms with Crippen LogP contribution in [-0.2, 0) is 12.7 Å². The van der Waals surface area contributed by atoms with Crippen molar-refractivity contribution >= 4 is 17.4 Å². The van der Waals surface area contributed by atoms with Crippen LogP contribution in [0.3, 0.4) is 0 Å². The van der Waals surface area contributed by atoms with Crippen LogP contribution in [0.25, 0.3) is 0 Å². The van der Waals surface area contributed by atoms with Crippen LogP contribution < -0.4 is 5.32 Å². The van der Waals surface area contributed by atoms with Gasteiger partial charge in [0, 0.05) is 23.1 Å². The fourth-order valence-corrected chi connectivity index (χ4v) is 2.48. The number of pyridine rings is 1. The Morgan fingerprint density at radius 1 is 1.11 bits per heavy atom. The van der Waals surface area contributed by atoms with Gasteiger partial charge in [0.15, 0.2) is 5.78 Å². The van der Waals surface area contributed by atoms with Crippen molar-refractivity contribution in [2.75, 3.05) is 5.32 Å². The summed E-state index contributed by atoms with van der Waals surface area (Å²) in [6.45, 7) is 1.85. The van der Waals surface area contributed by atoms with E-state index < -0.39 is 17.8 Å². The number of hydrogen-bond acceptors (Lipinski definition) is 4. The number of alkyl halides is 3. The van der Waals surface area contributed by atoms with Gasteiger partial charge in [-0.15, -0.1) is 0 Å². The van der Waals surface area contributed by atoms with Crippen molar-refractivity contribution in [3.05, 3.63) is 77.4 Å². The number of rotatable bonds is 5. The van der Waals surface area contributed by atoms with E-state index >= 15 is 0 Å². The monoisotopic (exact) mass is 388 g/mol. The SMILES string of the molecule is Cc1ccnn1CC(=O)c1cccc(NC(=O)c2cccc(C(F)(F)F)n2)c1. The number of nitrogens with one attached hydrogen (secondary N) is 1. The highest BCUT2D eigenvalue weighted by atomic mass is 19.4. The van der Waals surface area contributed by atoms with Crippen LogP contribution in [0.2, 0.25) is 0 Å². The Bertz CT molecular complexity index is 1030. The molecule has 9 heteroatoms. The van der Waals surface area contributed by atoms with Gasteiger partial charge in [-0.05, 0) is 37.3 Å². The van der Waals surface area contributed by atoms with E-state index in [-0.39, 0.29) is 23.7 Å². The standard InChI is InChI=1S/C19H15F3N4O2/c1-12-8-9-23-26(12)11-16(27)13-4-2-5-14(10-13)24-18(28)15-6-3-7-17(25-15)19(20,21)22/h2-10H,11H2,1H3,(H,24,28). The molecule has 2 heterocycles. The lowest BCUT2D eigenvalue weighted by molar-refractivity contribution is -0.141. The molecule has 0 saturated carbocycles. The van der Waals surface area contributed by atoms with E-state index in [1.165, 1.54) is 18.2 Å². The number of carbonyl (C=O) groups excluding carboxylic acids is 2. The summed E-state index contributed by atoms with van der Waals surface area (Å²) in [5.74, 6) is -1.03. The molecule has 6 nitrogen and oxygen atoms in total. The van der Waals surface area contributed by atoms with Gasteiger partial charge < -0.3 is 5.32 Å². The zero-order valence-corrected chi connectivity index (χ0v) is 14.7. The van der Waals surface area contributed by atoms with E-state index in [0.29, 0.717) is 5.56 Å². The summed E-state index contributed by atoms with van der Waals surface area (Å²) in [4.78, 5) is 28.0. The number of aryl methyl sites for hydroxylation is 1. The third-order valence-electron chi connectivity index (χ3n) is 3.94. The summed E-state index contributed by atoms with van der Waals surface area (Å²) >= 11 is 0. The lowest BCUT2D eigenvalue weighted by Crippen LogP contribution is -2.17. The molecule has 0 radical (unpaired) electrons. The number of aromatic nitrogens is 3. The van der Waals surface area contributed by atoms with E-state index in [1.54, 1.807) is 29.1 Å². The van der Waals surface area contributed by atoms with E-state index in [1.807, 2.05) is 6.92 Å². The largest absolute Gasteiger partial charge is 0.433 e. The summed E-state index contributed by atoms with van der Waals surface area (Å²) in [6, 6.07) is 11.0. The smallest absolute Gasteiger partial charge is 0.321 e. The fraction of sp³-hybridized carbons (Fsp3) is 0.158. The topological polar surface area (TPSA) is 76.9 Å². The number of carbonyl (C=O) groups is 2. The van der Waals surface area contributed by atoms with Gasteiger partial charge in [0.25, 0.3) is 5.91 Å². The van der Waals surface area contributed by atoms with Crippen molar-refractivity contribution in [2.24, 2.45) is 0 Å². The molecule has 0 aliphatic rings. The molecule has 0 spiro atoms. The van der Waals surface area contributed by atoms with Crippen molar-refractivity contribution in [2.45, 2.75) is 19.6 Å². The molecule has 1 N–H and O–H groups in total. The Morgan fingerprint density at radius 2 is 1.86 bits per heavy atom. The number of benzene rings is 1. The number of amides is 1. The van der Waals surface area contributed by atoms with Gasteiger partial charge in [0.1, 0.15) is 17.9 Å². The number of anilines is 1. The van der Waals surface area contributed by atoms with E-state index in [0.717, 1.165) is 17.8 Å². The van der Waals surface area contributed by atoms with Crippen LogP contribution in [0.5, 0.6) is 0 Å². The Hall–Kier alpha value is -3.49. The first kappa shape index (κ1) is 19.3. The number of hydrogen-bond donors (Lipinski definition) is 1. The van der Waals surface area contributed by atoms with Crippen LogP contribution in [0.4, 0.5) is 18.9 Å². The summed E-state index contributed by atoms with van der Waals surface area (Å²) in [7, 11) is 0. The molecule has 28 heavy (non-hydrogen) atoms. The zero-order valence-electron chi connectivity index (χ0n) is 14.7. The zero-order chi connectivity index (χ0) is 20.3. The molecule has 2 aromatic heterocycles. The lowest BCUT2D eigenvalue weighted by atomic mass is 10.1. The second-order valence-corrected chi connectivity index (χ2v) is 5.99. The minimum atomic E-state index is -4.65. The highest BCUT2D eigenvalue weighted by Gasteiger charge is 2.32. The van der Waals surface area contributed by atoms with Gasteiger partial charge in [0.2, 0.25) is 0 Å². The van der Waals surface area contributed by atoms with Crippen LogP contribution in [0.15, 0.2) is 54.7 Å². The van der Waals surface area contributed by atoms with Crippen molar-refractivity contribution < 1.29 is 22.8 Å². The first-order chi connectivity index (χ1) is 13.2. The average Bonchev–Trinajstić information content (AvgIpc) is 3.06. The van der Waals surface area contributed by atoms with Gasteiger partial charge in [-0.2, -0.15) is 18.3 Å². The number of Topliss-reactive ketones (excluding diaryl/α,β-unsaturated/α-hetero) is 1. The van der Waals surface area contributed by atoms with Crippen LogP contribution in [0, 0.1) is 6.92 Å². The molecule has 3 rings (SSSR count). The predicted molar refractivity (Wildman–Crippen MR) is 94.9 cm³/mol. The third-order valence-corrected chi connectivity index (χ3v) is 3.94. The molecule has 0 bridgehead atoms. The molecule has 3 aromatic rings. The molecule has 1 aromatic carbocycles. The Labute approximate surface area is 158 Å². The predicted octanol–water partition coefficient (Wildman–Crippen LogP) is 3.74. The van der Waals surface area contributed by atoms with Gasteiger partial charge >= 0.3 is 6.18 Å². The fourth-order valence-electron chi connectivity index (χ4n) is 2.48. The first-order valence-corrected chi connectivity index (χ1v) is 8.21. The molecule has 144 valence electrons. The molecule has 0 aliphatic heterocycles. The van der Waals surface area contributed by atoms with E-state index in [9.17, 15) is 22.8 Å². The van der Waals surface area contributed by atoms with E-state index in [4.69, 9.17) is 0 Å². The highest BCUT2D eigenvalue weighted by Crippen LogP contribution is 2.27. The molecule has 1 amide bonds. The van der Waals surface area contributed by atoms with Gasteiger partial charge in [-0.3, -0.25) is 14.3 Å². The second-order valence-electron chi connectivity index (χ2n) is 5.99. The molecular formula is C19H15F3N4O2. The maximum Gasteiger partial charge on any atom is 0.433 e. The molecular weight excluding hydrogens is 373 g/mol.